The van der Waals surface area contributed by atoms with Crippen molar-refractivity contribution in [2.45, 2.75) is 0 Å². The third-order valence-electron chi connectivity index (χ3n) is 0.319. The zero-order chi connectivity index (χ0) is 5.15. The molecule has 2 amide bonds. The van der Waals surface area contributed by atoms with Gasteiger partial charge in [-0.05, 0) is 0 Å². The number of nitrogens with zero attached hydrogens (tertiary/aromatic N) is 1. The molecule has 0 aliphatic carbocycles. The Labute approximate surface area is 44.5 Å². The van der Waals surface area contributed by atoms with E-state index in [1.807, 2.05) is 16.2 Å². The van der Waals surface area contributed by atoms with Crippen molar-refractivity contribution in [2.75, 3.05) is 7.05 Å². The van der Waals surface area contributed by atoms with Gasteiger partial charge in [-0.25, -0.2) is 0 Å². The molecule has 0 atom stereocenters. The molecule has 0 saturated heterocycles. The third-order valence-corrected chi connectivity index (χ3v) is 0.733. The molecule has 0 aromatic carbocycles. The quantitative estimate of drug-likeness (QED) is 0.437. The maximum atomic E-state index is 9.83. The molecule has 0 spiro atoms. The van der Waals surface area contributed by atoms with Crippen LogP contribution in [-0.2, 0) is 0 Å². The molecule has 0 unspecified atom stereocenters. The predicted octanol–water partition coefficient (Wildman–Crippen LogP) is -1.19. The Kier molecular flexibility index (Phi) is 1.98. The molecular formula is C2H6N2OSe. The maximum absolute atomic E-state index is 9.83. The molecule has 4 heteroatoms. The molecule has 6 heavy (non-hydrogen) atoms. The molecule has 0 aliphatic heterocycles. The van der Waals surface area contributed by atoms with Gasteiger partial charge in [-0.3, -0.25) is 0 Å². The second kappa shape index (κ2) is 2.05. The van der Waals surface area contributed by atoms with Crippen LogP contribution in [-0.4, -0.2) is 33.2 Å². The molecule has 0 saturated carbocycles. The van der Waals surface area contributed by atoms with Crippen LogP contribution < -0.4 is 5.73 Å². The van der Waals surface area contributed by atoms with Crippen LogP contribution in [0.25, 0.3) is 0 Å². The molecule has 0 bridgehead atoms. The topological polar surface area (TPSA) is 46.3 Å². The van der Waals surface area contributed by atoms with Crippen molar-refractivity contribution in [2.24, 2.45) is 5.73 Å². The summed E-state index contributed by atoms with van der Waals surface area (Å²) in [6.45, 7) is 0. The van der Waals surface area contributed by atoms with Gasteiger partial charge in [0.15, 0.2) is 0 Å². The fourth-order valence-electron chi connectivity index (χ4n) is 0. The third kappa shape index (κ3) is 2.05. The van der Waals surface area contributed by atoms with Crippen LogP contribution in [0, 0.1) is 0 Å². The number of hydrogen-bond donors (Lipinski definition) is 1. The number of amides is 2. The Bertz CT molecular complexity index is 62.6. The van der Waals surface area contributed by atoms with Gasteiger partial charge in [-0.1, -0.05) is 0 Å². The monoisotopic (exact) mass is 154 g/mol. The Morgan fingerprint density at radius 2 is 2.17 bits per heavy atom. The zero-order valence-corrected chi connectivity index (χ0v) is 5.26. The molecule has 0 aromatic rings. The summed E-state index contributed by atoms with van der Waals surface area (Å²) >= 11 is 2.00. The average Bonchev–Trinajstić information content (AvgIpc) is 1.36. The minimum absolute atomic E-state index is 0.435. The van der Waals surface area contributed by atoms with Crippen molar-refractivity contribution in [1.82, 2.24) is 3.92 Å². The predicted molar refractivity (Wildman–Crippen MR) is 24.5 cm³/mol. The number of carbonyl (C=O) groups excluding carboxylic acids is 1. The van der Waals surface area contributed by atoms with Crippen LogP contribution >= 0.6 is 0 Å². The van der Waals surface area contributed by atoms with Gasteiger partial charge in [-0.2, -0.15) is 0 Å². The molecule has 0 aliphatic rings. The fourth-order valence-corrected chi connectivity index (χ4v) is 0. The first kappa shape index (κ1) is 5.79. The van der Waals surface area contributed by atoms with Crippen LogP contribution in [0.2, 0.25) is 0 Å². The van der Waals surface area contributed by atoms with Crippen LogP contribution in [0.1, 0.15) is 0 Å². The molecule has 0 heterocycles. The summed E-state index contributed by atoms with van der Waals surface area (Å²) in [4.78, 5) is 9.83. The Morgan fingerprint density at radius 3 is 2.17 bits per heavy atom. The minimum atomic E-state index is -0.435. The summed E-state index contributed by atoms with van der Waals surface area (Å²) in [6, 6.07) is -0.435. The second-order valence-corrected chi connectivity index (χ2v) is 2.12. The number of primary amides is 1. The first-order chi connectivity index (χ1) is 2.64. The summed E-state index contributed by atoms with van der Waals surface area (Å²) in [7, 11) is 1.57. The van der Waals surface area contributed by atoms with Crippen molar-refractivity contribution in [3.8, 4) is 0 Å². The Balaban J connectivity index is 3.26. The van der Waals surface area contributed by atoms with E-state index >= 15 is 0 Å². The van der Waals surface area contributed by atoms with Crippen LogP contribution in [0.3, 0.4) is 0 Å². The first-order valence-electron chi connectivity index (χ1n) is 1.36. The molecular weight excluding hydrogens is 147 g/mol. The Morgan fingerprint density at radius 1 is 2.00 bits per heavy atom. The summed E-state index contributed by atoms with van der Waals surface area (Å²) in [6.07, 6.45) is 0. The van der Waals surface area contributed by atoms with E-state index in [1.165, 1.54) is 3.92 Å². The van der Waals surface area contributed by atoms with Crippen molar-refractivity contribution in [3.63, 3.8) is 0 Å². The average molecular weight is 153 g/mol. The van der Waals surface area contributed by atoms with E-state index in [-0.39, 0.29) is 0 Å². The van der Waals surface area contributed by atoms with Gasteiger partial charge in [0.25, 0.3) is 0 Å². The van der Waals surface area contributed by atoms with E-state index < -0.39 is 6.03 Å². The number of urea groups is 1. The zero-order valence-electron chi connectivity index (χ0n) is 3.38. The van der Waals surface area contributed by atoms with Crippen molar-refractivity contribution in [1.29, 1.82) is 0 Å². The van der Waals surface area contributed by atoms with Gasteiger partial charge in [0.1, 0.15) is 0 Å². The molecule has 3 nitrogen and oxygen atoms in total. The molecule has 0 rings (SSSR count). The second-order valence-electron chi connectivity index (χ2n) is 0.862. The fraction of sp³-hybridized carbons (Fsp3) is 0.500. The summed E-state index contributed by atoms with van der Waals surface area (Å²) in [5.41, 5.74) is 4.71. The van der Waals surface area contributed by atoms with Crippen LogP contribution in [0.5, 0.6) is 0 Å². The molecule has 0 radical (unpaired) electrons. The van der Waals surface area contributed by atoms with Crippen molar-refractivity contribution < 1.29 is 4.79 Å². The first-order valence-corrected chi connectivity index (χ1v) is 2.20. The van der Waals surface area contributed by atoms with E-state index in [9.17, 15) is 4.79 Å². The van der Waals surface area contributed by atoms with Crippen LogP contribution in [0.4, 0.5) is 4.79 Å². The van der Waals surface area contributed by atoms with Crippen molar-refractivity contribution in [3.05, 3.63) is 0 Å². The SMILES string of the molecule is CN([SeH])C(N)=O. The summed E-state index contributed by atoms with van der Waals surface area (Å²) in [5, 5.41) is 0. The van der Waals surface area contributed by atoms with E-state index in [0.29, 0.717) is 0 Å². The van der Waals surface area contributed by atoms with Gasteiger partial charge in [0.05, 0.1) is 0 Å². The van der Waals surface area contributed by atoms with E-state index in [2.05, 4.69) is 0 Å². The summed E-state index contributed by atoms with van der Waals surface area (Å²) in [5.74, 6) is 0. The number of carbonyl (C=O) groups is 1. The van der Waals surface area contributed by atoms with Gasteiger partial charge in [0.2, 0.25) is 0 Å². The summed E-state index contributed by atoms with van der Waals surface area (Å²) < 4.78 is 1.24. The van der Waals surface area contributed by atoms with Gasteiger partial charge < -0.3 is 0 Å². The van der Waals surface area contributed by atoms with Gasteiger partial charge >= 0.3 is 43.8 Å². The van der Waals surface area contributed by atoms with E-state index in [1.54, 1.807) is 7.05 Å². The number of nitrogens with two attached hydrogens (primary N) is 1. The molecule has 2 N–H and O–H groups in total. The van der Waals surface area contributed by atoms with Gasteiger partial charge in [0, 0.05) is 0 Å². The Hall–Kier alpha value is -0.211. The number of rotatable bonds is 0. The van der Waals surface area contributed by atoms with Gasteiger partial charge in [-0.15, -0.1) is 0 Å². The molecule has 0 aromatic heterocycles. The standard InChI is InChI=1S/C2H6N2OSe/c1-4(6)2(3)5/h6H,1H3,(H2,3,5). The van der Waals surface area contributed by atoms with E-state index in [4.69, 9.17) is 5.73 Å². The normalized spacial score (nSPS) is 7.67. The van der Waals surface area contributed by atoms with E-state index in [0.717, 1.165) is 0 Å². The molecule has 0 fully saturated rings. The van der Waals surface area contributed by atoms with Crippen LogP contribution in [0.15, 0.2) is 0 Å². The number of hydrogen-bond acceptors (Lipinski definition) is 1. The van der Waals surface area contributed by atoms with Crippen molar-refractivity contribution >= 4 is 22.3 Å². The molecule has 36 valence electrons.